The van der Waals surface area contributed by atoms with Gasteiger partial charge in [0.15, 0.2) is 0 Å². The van der Waals surface area contributed by atoms with Crippen molar-refractivity contribution < 1.29 is 4.79 Å². The lowest BCUT2D eigenvalue weighted by atomic mass is 9.68. The van der Waals surface area contributed by atoms with E-state index in [1.54, 1.807) is 0 Å². The van der Waals surface area contributed by atoms with Crippen LogP contribution in [-0.4, -0.2) is 20.7 Å². The fourth-order valence-corrected chi connectivity index (χ4v) is 2.82. The molecule has 19 heavy (non-hydrogen) atoms. The minimum Gasteiger partial charge on any atom is -0.392 e. The molecule has 0 unspecified atom stereocenters. The van der Waals surface area contributed by atoms with Crippen LogP contribution in [0, 0.1) is 19.3 Å². The highest BCUT2D eigenvalue weighted by molar-refractivity contribution is 7.80. The Balaban J connectivity index is 2.07. The topological polar surface area (TPSA) is 72.9 Å². The van der Waals surface area contributed by atoms with Gasteiger partial charge in [-0.25, -0.2) is 0 Å². The summed E-state index contributed by atoms with van der Waals surface area (Å²) in [6.45, 7) is 4.42. The average Bonchev–Trinajstić information content (AvgIpc) is 2.49. The molecule has 6 heteroatoms. The molecule has 0 bridgehead atoms. The van der Waals surface area contributed by atoms with E-state index in [4.69, 9.17) is 18.0 Å². The van der Waals surface area contributed by atoms with Crippen molar-refractivity contribution in [3.8, 4) is 0 Å². The van der Waals surface area contributed by atoms with E-state index in [1.807, 2.05) is 25.6 Å². The molecule has 0 atom stereocenters. The Bertz CT molecular complexity index is 531. The van der Waals surface area contributed by atoms with Gasteiger partial charge < -0.3 is 11.1 Å². The summed E-state index contributed by atoms with van der Waals surface area (Å²) < 4.78 is 1.82. The van der Waals surface area contributed by atoms with Gasteiger partial charge in [0.05, 0.1) is 16.1 Å². The van der Waals surface area contributed by atoms with Gasteiger partial charge in [0.1, 0.15) is 0 Å². The lowest BCUT2D eigenvalue weighted by molar-refractivity contribution is -0.131. The second-order valence-corrected chi connectivity index (χ2v) is 5.70. The molecular formula is C13H20N4OS. The molecule has 0 radical (unpaired) electrons. The van der Waals surface area contributed by atoms with Crippen LogP contribution in [0.2, 0.25) is 0 Å². The Labute approximate surface area is 118 Å². The first-order valence-corrected chi connectivity index (χ1v) is 6.86. The third kappa shape index (κ3) is 2.25. The van der Waals surface area contributed by atoms with Gasteiger partial charge in [-0.15, -0.1) is 0 Å². The number of nitrogens with zero attached hydrogens (tertiary/aromatic N) is 2. The van der Waals surface area contributed by atoms with E-state index in [0.29, 0.717) is 11.5 Å². The van der Waals surface area contributed by atoms with Crippen molar-refractivity contribution in [3.05, 3.63) is 17.0 Å². The zero-order valence-corrected chi connectivity index (χ0v) is 12.4. The summed E-state index contributed by atoms with van der Waals surface area (Å²) in [5.41, 5.74) is 8.18. The van der Waals surface area contributed by atoms with Crippen molar-refractivity contribution in [1.82, 2.24) is 15.1 Å². The van der Waals surface area contributed by atoms with Gasteiger partial charge >= 0.3 is 0 Å². The summed E-state index contributed by atoms with van der Waals surface area (Å²) in [4.78, 5) is 12.6. The monoisotopic (exact) mass is 280 g/mol. The van der Waals surface area contributed by atoms with Crippen molar-refractivity contribution in [1.29, 1.82) is 0 Å². The van der Waals surface area contributed by atoms with E-state index in [9.17, 15) is 4.79 Å². The summed E-state index contributed by atoms with van der Waals surface area (Å²) >= 11 is 5.04. The van der Waals surface area contributed by atoms with E-state index < -0.39 is 5.41 Å². The minimum absolute atomic E-state index is 0.0473. The number of carbonyl (C=O) groups excluding carboxylic acids is 1. The van der Waals surface area contributed by atoms with Gasteiger partial charge in [-0.3, -0.25) is 9.48 Å². The first kappa shape index (κ1) is 14.0. The fourth-order valence-electron chi connectivity index (χ4n) is 2.53. The van der Waals surface area contributed by atoms with Gasteiger partial charge in [0, 0.05) is 24.8 Å². The van der Waals surface area contributed by atoms with E-state index in [-0.39, 0.29) is 5.91 Å². The molecule has 1 aromatic heterocycles. The molecule has 2 rings (SSSR count). The second-order valence-electron chi connectivity index (χ2n) is 5.26. The minimum atomic E-state index is -0.612. The van der Waals surface area contributed by atoms with Crippen molar-refractivity contribution in [2.45, 2.75) is 39.7 Å². The number of carbonyl (C=O) groups is 1. The molecule has 0 aliphatic heterocycles. The molecule has 0 spiro atoms. The SMILES string of the molecule is Cc1nn(C)c(C)c1CNC(=O)C1(C(N)=S)CCC1. The Kier molecular flexibility index (Phi) is 3.62. The summed E-state index contributed by atoms with van der Waals surface area (Å²) in [6, 6.07) is 0. The highest BCUT2D eigenvalue weighted by atomic mass is 32.1. The summed E-state index contributed by atoms with van der Waals surface area (Å²) in [5, 5.41) is 7.29. The number of hydrogen-bond acceptors (Lipinski definition) is 3. The van der Waals surface area contributed by atoms with E-state index >= 15 is 0 Å². The normalized spacial score (nSPS) is 16.8. The van der Waals surface area contributed by atoms with Gasteiger partial charge in [-0.1, -0.05) is 18.6 Å². The maximum Gasteiger partial charge on any atom is 0.233 e. The molecule has 0 saturated heterocycles. The van der Waals surface area contributed by atoms with Crippen LogP contribution in [0.4, 0.5) is 0 Å². The second kappa shape index (κ2) is 4.92. The van der Waals surface area contributed by atoms with Crippen LogP contribution in [-0.2, 0) is 18.4 Å². The molecule has 3 N–H and O–H groups in total. The van der Waals surface area contributed by atoms with Crippen LogP contribution in [0.25, 0.3) is 0 Å². The summed E-state index contributed by atoms with van der Waals surface area (Å²) in [6.07, 6.45) is 2.54. The standard InChI is InChI=1S/C13H20N4OS/c1-8-10(9(2)17(3)16-8)7-15-12(18)13(11(14)19)5-4-6-13/h4-7H2,1-3H3,(H2,14,19)(H,15,18). The Morgan fingerprint density at radius 1 is 1.53 bits per heavy atom. The number of nitrogens with two attached hydrogens (primary N) is 1. The number of aryl methyl sites for hydroxylation is 2. The Morgan fingerprint density at radius 2 is 2.16 bits per heavy atom. The van der Waals surface area contributed by atoms with Crippen LogP contribution in [0.3, 0.4) is 0 Å². The molecule has 1 amide bonds. The number of thiocarbonyl (C=S) groups is 1. The highest BCUT2D eigenvalue weighted by Gasteiger charge is 2.46. The van der Waals surface area contributed by atoms with E-state index in [2.05, 4.69) is 10.4 Å². The molecule has 1 saturated carbocycles. The molecule has 1 aliphatic carbocycles. The van der Waals surface area contributed by atoms with Crippen LogP contribution in [0.5, 0.6) is 0 Å². The number of hydrogen-bond donors (Lipinski definition) is 2. The first-order valence-electron chi connectivity index (χ1n) is 6.46. The van der Waals surface area contributed by atoms with Gasteiger partial charge in [0.25, 0.3) is 0 Å². The van der Waals surface area contributed by atoms with Gasteiger partial charge in [-0.2, -0.15) is 5.10 Å². The lowest BCUT2D eigenvalue weighted by Gasteiger charge is -2.39. The van der Waals surface area contributed by atoms with Gasteiger partial charge in [-0.05, 0) is 26.7 Å². The maximum atomic E-state index is 12.3. The van der Waals surface area contributed by atoms with Crippen LogP contribution in [0.1, 0.15) is 36.2 Å². The van der Waals surface area contributed by atoms with E-state index in [1.165, 1.54) is 0 Å². The molecule has 5 nitrogen and oxygen atoms in total. The Morgan fingerprint density at radius 3 is 2.53 bits per heavy atom. The number of nitrogens with one attached hydrogen (secondary N) is 1. The fraction of sp³-hybridized carbons (Fsp3) is 0.615. The Hall–Kier alpha value is -1.43. The first-order chi connectivity index (χ1) is 8.88. The number of rotatable bonds is 4. The molecule has 1 aromatic rings. The zero-order chi connectivity index (χ0) is 14.2. The molecule has 1 heterocycles. The summed E-state index contributed by atoms with van der Waals surface area (Å²) in [5.74, 6) is -0.0473. The van der Waals surface area contributed by atoms with Crippen LogP contribution < -0.4 is 11.1 Å². The molecule has 1 aliphatic rings. The number of aromatic nitrogens is 2. The maximum absolute atomic E-state index is 12.3. The van der Waals surface area contributed by atoms with Crippen molar-refractivity contribution >= 4 is 23.1 Å². The summed E-state index contributed by atoms with van der Waals surface area (Å²) in [7, 11) is 1.90. The predicted octanol–water partition coefficient (Wildman–Crippen LogP) is 1.11. The predicted molar refractivity (Wildman–Crippen MR) is 77.6 cm³/mol. The lowest BCUT2D eigenvalue weighted by Crippen LogP contribution is -2.52. The highest BCUT2D eigenvalue weighted by Crippen LogP contribution is 2.41. The smallest absolute Gasteiger partial charge is 0.233 e. The van der Waals surface area contributed by atoms with Crippen LogP contribution >= 0.6 is 12.2 Å². The van der Waals surface area contributed by atoms with E-state index in [0.717, 1.165) is 36.2 Å². The zero-order valence-electron chi connectivity index (χ0n) is 11.6. The van der Waals surface area contributed by atoms with Gasteiger partial charge in [0.2, 0.25) is 5.91 Å². The average molecular weight is 280 g/mol. The van der Waals surface area contributed by atoms with Crippen molar-refractivity contribution in [2.75, 3.05) is 0 Å². The van der Waals surface area contributed by atoms with Crippen molar-refractivity contribution in [2.24, 2.45) is 18.2 Å². The van der Waals surface area contributed by atoms with Crippen LogP contribution in [0.15, 0.2) is 0 Å². The molecule has 104 valence electrons. The largest absolute Gasteiger partial charge is 0.392 e. The van der Waals surface area contributed by atoms with Crippen molar-refractivity contribution in [3.63, 3.8) is 0 Å². The molecule has 0 aromatic carbocycles. The third-order valence-electron chi connectivity index (χ3n) is 4.20. The third-order valence-corrected chi connectivity index (χ3v) is 4.59. The molecule has 1 fully saturated rings. The quantitative estimate of drug-likeness (QED) is 0.810. The molecular weight excluding hydrogens is 260 g/mol. The number of amides is 1.